The van der Waals surface area contributed by atoms with Crippen LogP contribution in [-0.2, 0) is 6.54 Å². The van der Waals surface area contributed by atoms with E-state index in [4.69, 9.17) is 5.11 Å². The van der Waals surface area contributed by atoms with Gasteiger partial charge in [0.2, 0.25) is 0 Å². The van der Waals surface area contributed by atoms with Gasteiger partial charge in [0.05, 0.1) is 5.56 Å². The minimum Gasteiger partial charge on any atom is -0.478 e. The van der Waals surface area contributed by atoms with Gasteiger partial charge in [-0.15, -0.1) is 0 Å². The minimum atomic E-state index is -0.814. The summed E-state index contributed by atoms with van der Waals surface area (Å²) in [6.45, 7) is 7.24. The van der Waals surface area contributed by atoms with Crippen LogP contribution < -0.4 is 0 Å². The van der Waals surface area contributed by atoms with Gasteiger partial charge in [0.25, 0.3) is 0 Å². The summed E-state index contributed by atoms with van der Waals surface area (Å²) in [5, 5.41) is 9.15. The summed E-state index contributed by atoms with van der Waals surface area (Å²) in [6, 6.07) is 1.80. The third-order valence-corrected chi connectivity index (χ3v) is 4.51. The van der Waals surface area contributed by atoms with Crippen LogP contribution in [0.3, 0.4) is 0 Å². The van der Waals surface area contributed by atoms with Crippen molar-refractivity contribution in [3.8, 4) is 0 Å². The maximum atomic E-state index is 11.1. The second-order valence-corrected chi connectivity index (χ2v) is 5.72. The van der Waals surface area contributed by atoms with E-state index in [1.165, 1.54) is 25.7 Å². The number of aromatic carboxylic acids is 1. The molecule has 2 rings (SSSR count). The van der Waals surface area contributed by atoms with E-state index in [1.54, 1.807) is 6.07 Å². The summed E-state index contributed by atoms with van der Waals surface area (Å²) in [7, 11) is 0. The molecule has 1 heterocycles. The van der Waals surface area contributed by atoms with Crippen LogP contribution in [0.15, 0.2) is 6.07 Å². The Bertz CT molecular complexity index is 448. The van der Waals surface area contributed by atoms with Crippen molar-refractivity contribution in [1.29, 1.82) is 0 Å². The highest BCUT2D eigenvalue weighted by molar-refractivity contribution is 5.89. The highest BCUT2D eigenvalue weighted by Gasteiger charge is 2.23. The Hall–Kier alpha value is -1.25. The summed E-state index contributed by atoms with van der Waals surface area (Å²) in [5.41, 5.74) is 2.43. The van der Waals surface area contributed by atoms with Crippen molar-refractivity contribution >= 4 is 5.97 Å². The van der Waals surface area contributed by atoms with Crippen molar-refractivity contribution in [1.82, 2.24) is 4.57 Å². The first-order valence-corrected chi connectivity index (χ1v) is 6.90. The number of carboxylic acid groups (broad SMARTS) is 1. The Labute approximate surface area is 109 Å². The molecular weight excluding hydrogens is 226 g/mol. The highest BCUT2D eigenvalue weighted by Crippen LogP contribution is 2.32. The van der Waals surface area contributed by atoms with Crippen molar-refractivity contribution in [2.45, 2.75) is 53.0 Å². The van der Waals surface area contributed by atoms with Gasteiger partial charge in [0.15, 0.2) is 0 Å². The van der Waals surface area contributed by atoms with Gasteiger partial charge < -0.3 is 9.67 Å². The average molecular weight is 249 g/mol. The molecule has 0 spiro atoms. The molecule has 0 saturated heterocycles. The molecule has 2 atom stereocenters. The predicted octanol–water partition coefficient (Wildman–Crippen LogP) is 3.63. The Balaban J connectivity index is 2.20. The second-order valence-electron chi connectivity index (χ2n) is 5.72. The number of rotatable bonds is 3. The van der Waals surface area contributed by atoms with E-state index >= 15 is 0 Å². The molecule has 0 amide bonds. The molecule has 1 aromatic heterocycles. The fraction of sp³-hybridized carbons (Fsp3) is 0.667. The van der Waals surface area contributed by atoms with Crippen molar-refractivity contribution < 1.29 is 9.90 Å². The normalized spacial score (nSPS) is 24.2. The van der Waals surface area contributed by atoms with Gasteiger partial charge in [-0.1, -0.05) is 26.2 Å². The van der Waals surface area contributed by atoms with E-state index in [2.05, 4.69) is 11.5 Å². The SMILES string of the molecule is Cc1cc(C(=O)O)c(C)n1CC1CCCCC1C. The highest BCUT2D eigenvalue weighted by atomic mass is 16.4. The van der Waals surface area contributed by atoms with Gasteiger partial charge >= 0.3 is 5.97 Å². The molecule has 2 unspecified atom stereocenters. The van der Waals surface area contributed by atoms with Crippen LogP contribution in [0.4, 0.5) is 0 Å². The molecule has 1 aromatic rings. The van der Waals surface area contributed by atoms with Gasteiger partial charge in [-0.05, 0) is 38.2 Å². The van der Waals surface area contributed by atoms with Crippen LogP contribution in [0, 0.1) is 25.7 Å². The molecule has 0 bridgehead atoms. The monoisotopic (exact) mass is 249 g/mol. The molecule has 0 aromatic carbocycles. The Kier molecular flexibility index (Phi) is 3.79. The summed E-state index contributed by atoms with van der Waals surface area (Å²) in [4.78, 5) is 11.1. The third-order valence-electron chi connectivity index (χ3n) is 4.51. The summed E-state index contributed by atoms with van der Waals surface area (Å²) in [6.07, 6.45) is 5.26. The van der Waals surface area contributed by atoms with E-state index in [0.29, 0.717) is 11.5 Å². The Morgan fingerprint density at radius 2 is 2.06 bits per heavy atom. The van der Waals surface area contributed by atoms with Crippen LogP contribution in [0.5, 0.6) is 0 Å². The molecule has 100 valence electrons. The lowest BCUT2D eigenvalue weighted by molar-refractivity contribution is 0.0696. The van der Waals surface area contributed by atoms with Crippen molar-refractivity contribution in [3.63, 3.8) is 0 Å². The number of hydrogen-bond donors (Lipinski definition) is 1. The number of carbonyl (C=O) groups is 1. The zero-order valence-corrected chi connectivity index (χ0v) is 11.6. The molecule has 1 aliphatic rings. The first kappa shape index (κ1) is 13.2. The van der Waals surface area contributed by atoms with E-state index in [0.717, 1.165) is 23.9 Å². The topological polar surface area (TPSA) is 42.2 Å². The van der Waals surface area contributed by atoms with E-state index < -0.39 is 5.97 Å². The molecule has 0 aliphatic heterocycles. The van der Waals surface area contributed by atoms with E-state index in [9.17, 15) is 4.79 Å². The lowest BCUT2D eigenvalue weighted by Gasteiger charge is -2.30. The van der Waals surface area contributed by atoms with Gasteiger partial charge in [0.1, 0.15) is 0 Å². The molecule has 1 fully saturated rings. The predicted molar refractivity (Wildman–Crippen MR) is 72.0 cm³/mol. The maximum absolute atomic E-state index is 11.1. The lowest BCUT2D eigenvalue weighted by atomic mass is 9.80. The van der Waals surface area contributed by atoms with Crippen LogP contribution in [-0.4, -0.2) is 15.6 Å². The fourth-order valence-electron chi connectivity index (χ4n) is 3.20. The first-order valence-electron chi connectivity index (χ1n) is 6.90. The smallest absolute Gasteiger partial charge is 0.337 e. The molecule has 3 heteroatoms. The molecular formula is C15H23NO2. The summed E-state index contributed by atoms with van der Waals surface area (Å²) in [5.74, 6) is 0.643. The third kappa shape index (κ3) is 2.45. The molecule has 3 nitrogen and oxygen atoms in total. The summed E-state index contributed by atoms with van der Waals surface area (Å²) < 4.78 is 2.19. The maximum Gasteiger partial charge on any atom is 0.337 e. The average Bonchev–Trinajstić information content (AvgIpc) is 2.60. The Morgan fingerprint density at radius 3 is 2.61 bits per heavy atom. The fourth-order valence-corrected chi connectivity index (χ4v) is 3.20. The number of aromatic nitrogens is 1. The van der Waals surface area contributed by atoms with Crippen molar-refractivity contribution in [2.75, 3.05) is 0 Å². The standard InChI is InChI=1S/C15H23NO2/c1-10-6-4-5-7-13(10)9-16-11(2)8-14(12(16)3)15(17)18/h8,10,13H,4-7,9H2,1-3H3,(H,17,18). The number of aryl methyl sites for hydroxylation is 1. The number of hydrogen-bond acceptors (Lipinski definition) is 1. The van der Waals surface area contributed by atoms with Gasteiger partial charge in [-0.3, -0.25) is 0 Å². The van der Waals surface area contributed by atoms with E-state index in [1.807, 2.05) is 13.8 Å². The zero-order chi connectivity index (χ0) is 13.3. The molecule has 0 radical (unpaired) electrons. The van der Waals surface area contributed by atoms with Crippen LogP contribution in [0.1, 0.15) is 54.4 Å². The van der Waals surface area contributed by atoms with Gasteiger partial charge in [-0.25, -0.2) is 4.79 Å². The molecule has 1 saturated carbocycles. The van der Waals surface area contributed by atoms with E-state index in [-0.39, 0.29) is 0 Å². The van der Waals surface area contributed by atoms with Crippen LogP contribution >= 0.6 is 0 Å². The van der Waals surface area contributed by atoms with Crippen LogP contribution in [0.2, 0.25) is 0 Å². The quantitative estimate of drug-likeness (QED) is 0.888. The van der Waals surface area contributed by atoms with Gasteiger partial charge in [-0.2, -0.15) is 0 Å². The molecule has 1 aliphatic carbocycles. The molecule has 1 N–H and O–H groups in total. The first-order chi connectivity index (χ1) is 8.50. The van der Waals surface area contributed by atoms with Crippen molar-refractivity contribution in [3.05, 3.63) is 23.0 Å². The number of carboxylic acids is 1. The number of nitrogens with zero attached hydrogens (tertiary/aromatic N) is 1. The lowest BCUT2D eigenvalue weighted by Crippen LogP contribution is -2.23. The minimum absolute atomic E-state index is 0.455. The van der Waals surface area contributed by atoms with Crippen LogP contribution in [0.25, 0.3) is 0 Å². The second kappa shape index (κ2) is 5.17. The molecule has 18 heavy (non-hydrogen) atoms. The largest absolute Gasteiger partial charge is 0.478 e. The van der Waals surface area contributed by atoms with Crippen molar-refractivity contribution in [2.24, 2.45) is 11.8 Å². The summed E-state index contributed by atoms with van der Waals surface area (Å²) >= 11 is 0. The Morgan fingerprint density at radius 1 is 1.39 bits per heavy atom. The zero-order valence-electron chi connectivity index (χ0n) is 11.6. The van der Waals surface area contributed by atoms with Gasteiger partial charge in [0, 0.05) is 17.9 Å².